The van der Waals surface area contributed by atoms with Crippen molar-refractivity contribution in [1.82, 2.24) is 9.78 Å². The lowest BCUT2D eigenvalue weighted by Gasteiger charge is -2.50. The molecule has 0 spiro atoms. The third-order valence-electron chi connectivity index (χ3n) is 3.92. The number of hydrogen-bond donors (Lipinski definition) is 1. The topological polar surface area (TPSA) is 43.8 Å². The molecular formula is C15H27N3. The Kier molecular flexibility index (Phi) is 3.09. The normalized spacial score (nSPS) is 25.0. The van der Waals surface area contributed by atoms with Gasteiger partial charge in [0.1, 0.15) is 0 Å². The highest BCUT2D eigenvalue weighted by Crippen LogP contribution is 2.49. The van der Waals surface area contributed by atoms with Gasteiger partial charge in [0.05, 0.1) is 5.69 Å². The van der Waals surface area contributed by atoms with Crippen LogP contribution in [0.2, 0.25) is 0 Å². The Bertz CT molecular complexity index is 413. The third kappa shape index (κ3) is 3.14. The van der Waals surface area contributed by atoms with E-state index in [1.54, 1.807) is 0 Å². The van der Waals surface area contributed by atoms with Gasteiger partial charge in [0.25, 0.3) is 0 Å². The number of hydrogen-bond acceptors (Lipinski definition) is 2. The maximum Gasteiger partial charge on any atom is 0.0642 e. The Labute approximate surface area is 111 Å². The lowest BCUT2D eigenvalue weighted by Crippen LogP contribution is -2.53. The summed E-state index contributed by atoms with van der Waals surface area (Å²) in [5.41, 5.74) is 8.36. The first-order valence-electron chi connectivity index (χ1n) is 6.87. The second-order valence-corrected chi connectivity index (χ2v) is 7.88. The largest absolute Gasteiger partial charge is 0.325 e. The Hall–Kier alpha value is -0.830. The fourth-order valence-electron chi connectivity index (χ4n) is 4.43. The number of aryl methyl sites for hydroxylation is 1. The highest BCUT2D eigenvalue weighted by Gasteiger charge is 2.45. The minimum atomic E-state index is -0.112. The van der Waals surface area contributed by atoms with Crippen LogP contribution in [0.25, 0.3) is 0 Å². The summed E-state index contributed by atoms with van der Waals surface area (Å²) in [5, 5.41) is 4.48. The standard InChI is InChI=1S/C15H27N3/c1-13(2)9-14(3,4)11-15(16,10-13)8-12-6-7-18(5)17-12/h6-7H,8-11,16H2,1-5H3. The van der Waals surface area contributed by atoms with Gasteiger partial charge in [-0.1, -0.05) is 27.7 Å². The van der Waals surface area contributed by atoms with Crippen LogP contribution < -0.4 is 5.73 Å². The molecule has 0 aromatic carbocycles. The fourth-order valence-corrected chi connectivity index (χ4v) is 4.43. The van der Waals surface area contributed by atoms with E-state index in [2.05, 4.69) is 38.9 Å². The SMILES string of the molecule is Cn1ccc(CC2(N)CC(C)(C)CC(C)(C)C2)n1. The zero-order chi connectivity index (χ0) is 13.6. The molecule has 0 atom stereocenters. The van der Waals surface area contributed by atoms with Crippen LogP contribution in [0.1, 0.15) is 52.7 Å². The van der Waals surface area contributed by atoms with Crippen LogP contribution in [0.15, 0.2) is 12.3 Å². The molecule has 3 nitrogen and oxygen atoms in total. The molecule has 102 valence electrons. The van der Waals surface area contributed by atoms with Crippen LogP contribution in [-0.4, -0.2) is 15.3 Å². The predicted molar refractivity (Wildman–Crippen MR) is 75.2 cm³/mol. The van der Waals surface area contributed by atoms with E-state index in [4.69, 9.17) is 5.73 Å². The molecule has 1 aromatic rings. The predicted octanol–water partition coefficient (Wildman–Crippen LogP) is 2.90. The molecule has 0 bridgehead atoms. The molecule has 0 amide bonds. The van der Waals surface area contributed by atoms with Gasteiger partial charge in [0.2, 0.25) is 0 Å². The van der Waals surface area contributed by atoms with Gasteiger partial charge in [-0.05, 0) is 36.2 Å². The van der Waals surface area contributed by atoms with E-state index in [1.165, 1.54) is 6.42 Å². The molecular weight excluding hydrogens is 222 g/mol. The molecule has 1 heterocycles. The molecule has 1 aliphatic carbocycles. The van der Waals surface area contributed by atoms with Gasteiger partial charge in [-0.25, -0.2) is 0 Å². The van der Waals surface area contributed by atoms with Crippen LogP contribution in [0.5, 0.6) is 0 Å². The van der Waals surface area contributed by atoms with Crippen LogP contribution >= 0.6 is 0 Å². The summed E-state index contributed by atoms with van der Waals surface area (Å²) in [5.74, 6) is 0. The summed E-state index contributed by atoms with van der Waals surface area (Å²) >= 11 is 0. The van der Waals surface area contributed by atoms with Crippen molar-refractivity contribution in [2.45, 2.75) is 58.9 Å². The molecule has 0 radical (unpaired) electrons. The molecule has 1 fully saturated rings. The minimum Gasteiger partial charge on any atom is -0.325 e. The van der Waals surface area contributed by atoms with Crippen molar-refractivity contribution in [2.24, 2.45) is 23.6 Å². The smallest absolute Gasteiger partial charge is 0.0642 e. The van der Waals surface area contributed by atoms with E-state index in [0.717, 1.165) is 25.0 Å². The van der Waals surface area contributed by atoms with Gasteiger partial charge >= 0.3 is 0 Å². The molecule has 1 aliphatic rings. The van der Waals surface area contributed by atoms with E-state index in [1.807, 2.05) is 17.9 Å². The van der Waals surface area contributed by atoms with E-state index in [9.17, 15) is 0 Å². The quantitative estimate of drug-likeness (QED) is 0.876. The Balaban J connectivity index is 2.19. The average Bonchev–Trinajstić information content (AvgIpc) is 2.42. The van der Waals surface area contributed by atoms with Crippen molar-refractivity contribution in [3.63, 3.8) is 0 Å². The van der Waals surface area contributed by atoms with Crippen molar-refractivity contribution < 1.29 is 0 Å². The number of rotatable bonds is 2. The molecule has 1 aromatic heterocycles. The fraction of sp³-hybridized carbons (Fsp3) is 0.800. The molecule has 0 saturated heterocycles. The highest BCUT2D eigenvalue weighted by atomic mass is 15.2. The number of nitrogens with zero attached hydrogens (tertiary/aromatic N) is 2. The van der Waals surface area contributed by atoms with Crippen molar-refractivity contribution in [2.75, 3.05) is 0 Å². The van der Waals surface area contributed by atoms with E-state index < -0.39 is 0 Å². The van der Waals surface area contributed by atoms with Crippen LogP contribution in [-0.2, 0) is 13.5 Å². The van der Waals surface area contributed by atoms with E-state index >= 15 is 0 Å². The monoisotopic (exact) mass is 249 g/mol. The van der Waals surface area contributed by atoms with Gasteiger partial charge in [-0.2, -0.15) is 5.10 Å². The Morgan fingerprint density at radius 3 is 2.17 bits per heavy atom. The lowest BCUT2D eigenvalue weighted by molar-refractivity contribution is 0.0482. The average molecular weight is 249 g/mol. The third-order valence-corrected chi connectivity index (χ3v) is 3.92. The van der Waals surface area contributed by atoms with E-state index in [0.29, 0.717) is 10.8 Å². The maximum atomic E-state index is 6.70. The van der Waals surface area contributed by atoms with Crippen LogP contribution in [0.4, 0.5) is 0 Å². The zero-order valence-electron chi connectivity index (χ0n) is 12.5. The number of aromatic nitrogens is 2. The van der Waals surface area contributed by atoms with Gasteiger partial charge < -0.3 is 5.73 Å². The van der Waals surface area contributed by atoms with Crippen molar-refractivity contribution in [1.29, 1.82) is 0 Å². The van der Waals surface area contributed by atoms with Gasteiger partial charge in [0.15, 0.2) is 0 Å². The van der Waals surface area contributed by atoms with E-state index in [-0.39, 0.29) is 5.54 Å². The van der Waals surface area contributed by atoms with Crippen molar-refractivity contribution >= 4 is 0 Å². The van der Waals surface area contributed by atoms with Gasteiger partial charge in [-0.3, -0.25) is 4.68 Å². The second-order valence-electron chi connectivity index (χ2n) is 7.88. The van der Waals surface area contributed by atoms with Crippen LogP contribution in [0, 0.1) is 10.8 Å². The molecule has 3 heteroatoms. The summed E-state index contributed by atoms with van der Waals surface area (Å²) in [4.78, 5) is 0. The summed E-state index contributed by atoms with van der Waals surface area (Å²) in [6.07, 6.45) is 6.31. The molecule has 1 saturated carbocycles. The summed E-state index contributed by atoms with van der Waals surface area (Å²) in [7, 11) is 1.96. The number of nitrogens with two attached hydrogens (primary N) is 1. The summed E-state index contributed by atoms with van der Waals surface area (Å²) < 4.78 is 1.86. The summed E-state index contributed by atoms with van der Waals surface area (Å²) in [6.45, 7) is 9.36. The van der Waals surface area contributed by atoms with Gasteiger partial charge in [0, 0.05) is 25.2 Å². The Morgan fingerprint density at radius 2 is 1.72 bits per heavy atom. The molecule has 2 N–H and O–H groups in total. The first kappa shape index (κ1) is 13.6. The lowest BCUT2D eigenvalue weighted by atomic mass is 9.58. The minimum absolute atomic E-state index is 0.112. The molecule has 0 aliphatic heterocycles. The molecule has 2 rings (SSSR count). The molecule has 0 unspecified atom stereocenters. The van der Waals surface area contributed by atoms with Crippen molar-refractivity contribution in [3.05, 3.63) is 18.0 Å². The van der Waals surface area contributed by atoms with Gasteiger partial charge in [-0.15, -0.1) is 0 Å². The summed E-state index contributed by atoms with van der Waals surface area (Å²) in [6, 6.07) is 2.09. The maximum absolute atomic E-state index is 6.70. The van der Waals surface area contributed by atoms with Crippen LogP contribution in [0.3, 0.4) is 0 Å². The zero-order valence-corrected chi connectivity index (χ0v) is 12.5. The second kappa shape index (κ2) is 4.09. The molecule has 18 heavy (non-hydrogen) atoms. The first-order valence-corrected chi connectivity index (χ1v) is 6.87. The Morgan fingerprint density at radius 1 is 1.17 bits per heavy atom. The highest BCUT2D eigenvalue weighted by molar-refractivity contribution is 5.10. The first-order chi connectivity index (χ1) is 8.09. The van der Waals surface area contributed by atoms with Crippen molar-refractivity contribution in [3.8, 4) is 0 Å².